The Morgan fingerprint density at radius 2 is 1.85 bits per heavy atom. The normalized spacial score (nSPS) is 17.8. The van der Waals surface area contributed by atoms with E-state index in [0.717, 1.165) is 53.5 Å². The topological polar surface area (TPSA) is 151 Å². The Hall–Kier alpha value is -4.70. The summed E-state index contributed by atoms with van der Waals surface area (Å²) < 4.78 is 51.5. The third kappa shape index (κ3) is 10.5. The molecule has 0 saturated carbocycles. The molecule has 0 aliphatic carbocycles. The third-order valence-electron chi connectivity index (χ3n) is 11.2. The molecule has 1 saturated heterocycles. The molecule has 7 rings (SSSR count). The van der Waals surface area contributed by atoms with Gasteiger partial charge < -0.3 is 20.4 Å². The highest BCUT2D eigenvalue weighted by molar-refractivity contribution is 8.13. The van der Waals surface area contributed by atoms with Crippen LogP contribution in [-0.2, 0) is 27.8 Å². The molecule has 2 aliphatic rings. The number of fused-ring (bicyclic) bond motifs is 1. The van der Waals surface area contributed by atoms with Crippen LogP contribution >= 0.6 is 23.4 Å². The molecule has 16 heteroatoms. The standard InChI is InChI=1S/C45H53ClFN7O5S2/c1-29(50-44(56)59-28-30-11-6-5-7-12-30)10-8-13-31-24-36(40(47)37(46)25-31)38-26-33-27-53(43(55)52-41(33)51-38)34-18-16-32(17-19-34)39-15-9-14-35(20-23-60-42-48-21-22-49-42)54(39)61(57,58)45(2,3)4/h5-7,11-12,16-19,24-27,29,35,39H,8-10,13-15,20-23,28H2,1-4H3,(H,48,49)(H,50,56)(H,51,52,55)/t29-,35?,39-/m0/s1. The summed E-state index contributed by atoms with van der Waals surface area (Å²) in [4.78, 5) is 37.6. The Kier molecular flexibility index (Phi) is 13.9. The van der Waals surface area contributed by atoms with E-state index in [2.05, 4.69) is 25.6 Å². The van der Waals surface area contributed by atoms with Crippen LogP contribution < -0.4 is 16.3 Å². The number of aliphatic imine (C=N–C) groups is 1. The molecule has 4 heterocycles. The first-order chi connectivity index (χ1) is 29.2. The summed E-state index contributed by atoms with van der Waals surface area (Å²) in [5, 5.41) is 7.62. The van der Waals surface area contributed by atoms with E-state index >= 15 is 4.39 Å². The van der Waals surface area contributed by atoms with Gasteiger partial charge in [0, 0.05) is 41.5 Å². The van der Waals surface area contributed by atoms with Gasteiger partial charge in [-0.3, -0.25) is 9.56 Å². The second-order valence-electron chi connectivity index (χ2n) is 16.7. The Balaban J connectivity index is 1.04. The van der Waals surface area contributed by atoms with E-state index in [1.54, 1.807) is 61.2 Å². The predicted molar refractivity (Wildman–Crippen MR) is 243 cm³/mol. The number of sulfonamides is 1. The minimum Gasteiger partial charge on any atom is -0.445 e. The highest BCUT2D eigenvalue weighted by Crippen LogP contribution is 2.41. The number of halogens is 2. The lowest BCUT2D eigenvalue weighted by Gasteiger charge is -2.44. The zero-order valence-electron chi connectivity index (χ0n) is 34.9. The fourth-order valence-corrected chi connectivity index (χ4v) is 10.9. The van der Waals surface area contributed by atoms with Crippen LogP contribution in [0.1, 0.15) is 89.0 Å². The van der Waals surface area contributed by atoms with E-state index in [-0.39, 0.29) is 35.3 Å². The van der Waals surface area contributed by atoms with Gasteiger partial charge in [0.15, 0.2) is 11.0 Å². The van der Waals surface area contributed by atoms with Crippen molar-refractivity contribution in [3.05, 3.63) is 117 Å². The average Bonchev–Trinajstić information content (AvgIpc) is 3.91. The van der Waals surface area contributed by atoms with Crippen molar-refractivity contribution < 1.29 is 22.3 Å². The summed E-state index contributed by atoms with van der Waals surface area (Å²) >= 11 is 8.04. The molecule has 0 bridgehead atoms. The number of thioether (sulfide) groups is 1. The molecule has 1 unspecified atom stereocenters. The molecule has 2 aliphatic heterocycles. The molecule has 324 valence electrons. The van der Waals surface area contributed by atoms with Crippen LogP contribution in [0.25, 0.3) is 28.0 Å². The van der Waals surface area contributed by atoms with E-state index in [4.69, 9.17) is 16.3 Å². The van der Waals surface area contributed by atoms with Gasteiger partial charge in [0.25, 0.3) is 0 Å². The van der Waals surface area contributed by atoms with Gasteiger partial charge >= 0.3 is 11.8 Å². The summed E-state index contributed by atoms with van der Waals surface area (Å²) in [5.41, 5.74) is 3.60. The van der Waals surface area contributed by atoms with E-state index in [1.807, 2.05) is 61.5 Å². The van der Waals surface area contributed by atoms with Crippen molar-refractivity contribution in [3.8, 4) is 16.9 Å². The highest BCUT2D eigenvalue weighted by atomic mass is 35.5. The number of carbonyl (C=O) groups is 1. The molecule has 0 spiro atoms. The van der Waals surface area contributed by atoms with Crippen molar-refractivity contribution in [2.75, 3.05) is 18.8 Å². The third-order valence-corrected chi connectivity index (χ3v) is 15.1. The minimum atomic E-state index is -3.68. The number of ether oxygens (including phenoxy) is 1. The molecule has 3 aromatic carbocycles. The maximum atomic E-state index is 15.6. The smallest absolute Gasteiger partial charge is 0.407 e. The van der Waals surface area contributed by atoms with Crippen molar-refractivity contribution in [3.63, 3.8) is 0 Å². The van der Waals surface area contributed by atoms with Crippen LogP contribution in [-0.4, -0.2) is 74.2 Å². The number of amides is 1. The number of carbonyl (C=O) groups excluding carboxylic acids is 1. The molecule has 2 aromatic heterocycles. The van der Waals surface area contributed by atoms with Crippen LogP contribution in [0.5, 0.6) is 0 Å². The minimum absolute atomic E-state index is 0.0252. The number of benzene rings is 3. The van der Waals surface area contributed by atoms with Crippen molar-refractivity contribution >= 4 is 55.7 Å². The van der Waals surface area contributed by atoms with Crippen molar-refractivity contribution in [1.82, 2.24) is 29.5 Å². The second kappa shape index (κ2) is 19.1. The van der Waals surface area contributed by atoms with Gasteiger partial charge in [-0.15, -0.1) is 0 Å². The van der Waals surface area contributed by atoms with Crippen LogP contribution in [0.15, 0.2) is 88.8 Å². The molecular formula is C45H53ClFN7O5S2. The number of aromatic amines is 1. The van der Waals surface area contributed by atoms with Gasteiger partial charge in [-0.1, -0.05) is 65.8 Å². The Morgan fingerprint density at radius 3 is 2.57 bits per heavy atom. The molecule has 12 nitrogen and oxygen atoms in total. The Bertz CT molecular complexity index is 2540. The molecule has 0 radical (unpaired) electrons. The summed E-state index contributed by atoms with van der Waals surface area (Å²) in [5.74, 6) is 0.169. The number of rotatable bonds is 14. The number of aryl methyl sites for hydroxylation is 1. The number of piperidine rings is 1. The van der Waals surface area contributed by atoms with Crippen molar-refractivity contribution in [2.45, 2.75) is 102 Å². The SMILES string of the molecule is C[C@@H](CCCc1cc(Cl)c(F)c(-c2cc3cn(-c4ccc([C@@H]5CCCC(CCSC6=NCCN6)N5S(=O)(=O)C(C)(C)C)cc4)c(=O)nc3[nH]2)c1)NC(=O)OCc1ccccc1. The van der Waals surface area contributed by atoms with Gasteiger partial charge in [0.05, 0.1) is 33.7 Å². The van der Waals surface area contributed by atoms with Gasteiger partial charge in [-0.25, -0.2) is 22.4 Å². The first-order valence-electron chi connectivity index (χ1n) is 20.8. The first-order valence-corrected chi connectivity index (χ1v) is 23.6. The molecular weight excluding hydrogens is 837 g/mol. The Morgan fingerprint density at radius 1 is 1.08 bits per heavy atom. The number of hydrogen-bond acceptors (Lipinski definition) is 9. The number of amidine groups is 1. The second-order valence-corrected chi connectivity index (χ2v) is 20.8. The van der Waals surface area contributed by atoms with E-state index in [0.29, 0.717) is 54.5 Å². The van der Waals surface area contributed by atoms with Gasteiger partial charge in [0.2, 0.25) is 10.0 Å². The lowest BCUT2D eigenvalue weighted by atomic mass is 9.92. The number of aromatic nitrogens is 3. The summed E-state index contributed by atoms with van der Waals surface area (Å²) in [6.45, 7) is 8.94. The molecule has 3 atom stereocenters. The van der Waals surface area contributed by atoms with Crippen LogP contribution in [0.3, 0.4) is 0 Å². The zero-order valence-corrected chi connectivity index (χ0v) is 37.3. The molecule has 3 N–H and O–H groups in total. The summed E-state index contributed by atoms with van der Waals surface area (Å²) in [7, 11) is -3.68. The fourth-order valence-electron chi connectivity index (χ4n) is 7.90. The van der Waals surface area contributed by atoms with E-state index < -0.39 is 32.4 Å². The van der Waals surface area contributed by atoms with E-state index in [1.165, 1.54) is 4.57 Å². The quantitative estimate of drug-likeness (QED) is 0.100. The number of nitrogens with zero attached hydrogens (tertiary/aromatic N) is 4. The van der Waals surface area contributed by atoms with Crippen molar-refractivity contribution in [2.24, 2.45) is 4.99 Å². The summed E-state index contributed by atoms with van der Waals surface area (Å²) in [6, 6.07) is 21.3. The van der Waals surface area contributed by atoms with Crippen LogP contribution in [0.2, 0.25) is 5.02 Å². The maximum Gasteiger partial charge on any atom is 0.407 e. The van der Waals surface area contributed by atoms with Gasteiger partial charge in [-0.2, -0.15) is 9.29 Å². The van der Waals surface area contributed by atoms with Crippen LogP contribution in [0, 0.1) is 5.82 Å². The fraction of sp³-hybridized carbons (Fsp3) is 0.422. The molecule has 5 aromatic rings. The lowest BCUT2D eigenvalue weighted by Crippen LogP contribution is -2.51. The summed E-state index contributed by atoms with van der Waals surface area (Å²) in [6.07, 6.45) is 6.22. The first kappa shape index (κ1) is 44.4. The number of alkyl carbamates (subject to hydrolysis) is 1. The number of nitrogens with one attached hydrogen (secondary N) is 3. The van der Waals surface area contributed by atoms with Gasteiger partial charge in [-0.05, 0) is 120 Å². The monoisotopic (exact) mass is 889 g/mol. The highest BCUT2D eigenvalue weighted by Gasteiger charge is 2.45. The molecule has 61 heavy (non-hydrogen) atoms. The lowest BCUT2D eigenvalue weighted by molar-refractivity contribution is 0.136. The molecule has 1 amide bonds. The molecule has 1 fully saturated rings. The number of H-pyrrole nitrogens is 1. The largest absolute Gasteiger partial charge is 0.445 e. The number of hydrogen-bond donors (Lipinski definition) is 3. The Labute approximate surface area is 365 Å². The van der Waals surface area contributed by atoms with Crippen LogP contribution in [0.4, 0.5) is 9.18 Å². The zero-order chi connectivity index (χ0) is 43.3. The predicted octanol–water partition coefficient (Wildman–Crippen LogP) is 8.92. The van der Waals surface area contributed by atoms with E-state index in [9.17, 15) is 18.0 Å². The average molecular weight is 891 g/mol. The van der Waals surface area contributed by atoms with Gasteiger partial charge in [0.1, 0.15) is 12.3 Å². The van der Waals surface area contributed by atoms with Crippen molar-refractivity contribution in [1.29, 1.82) is 0 Å². The maximum absolute atomic E-state index is 15.6.